The molecule has 11 heteroatoms. The first-order chi connectivity index (χ1) is 12.9. The van der Waals surface area contributed by atoms with Gasteiger partial charge in [0.05, 0.1) is 11.1 Å². The van der Waals surface area contributed by atoms with Crippen molar-refractivity contribution in [3.63, 3.8) is 0 Å². The molecule has 0 amide bonds. The number of hydrogen-bond acceptors (Lipinski definition) is 7. The molecular weight excluding hydrogens is 396 g/mol. The molecule has 0 fully saturated rings. The van der Waals surface area contributed by atoms with Crippen LogP contribution in [-0.2, 0) is 6.54 Å². The third kappa shape index (κ3) is 4.54. The number of phenols is 1. The molecule has 140 valence electrons. The molecule has 9 nitrogen and oxygen atoms in total. The van der Waals surface area contributed by atoms with Gasteiger partial charge in [-0.2, -0.15) is 5.10 Å². The second-order valence-corrected chi connectivity index (χ2v) is 6.20. The van der Waals surface area contributed by atoms with Gasteiger partial charge in [-0.1, -0.05) is 17.7 Å². The van der Waals surface area contributed by atoms with Crippen LogP contribution in [0.2, 0.25) is 5.02 Å². The summed E-state index contributed by atoms with van der Waals surface area (Å²) in [7, 11) is 0. The number of hydrazone groups is 1. The number of nitro benzene ring substituents is 1. The molecule has 2 aromatic rings. The topological polar surface area (TPSA) is 118 Å². The first-order valence-electron chi connectivity index (χ1n) is 7.56. The molecule has 0 spiro atoms. The van der Waals surface area contributed by atoms with E-state index in [1.807, 2.05) is 18.2 Å². The van der Waals surface area contributed by atoms with Gasteiger partial charge in [-0.25, -0.2) is 0 Å². The fourth-order valence-corrected chi connectivity index (χ4v) is 2.62. The number of aromatic hydroxyl groups is 1. The largest absolute Gasteiger partial charge is 0.502 e. The van der Waals surface area contributed by atoms with E-state index in [9.17, 15) is 15.2 Å². The number of nitrogens with one attached hydrogen (secondary N) is 2. The molecular formula is C16H13ClN4O5S. The maximum atomic E-state index is 10.9. The minimum absolute atomic E-state index is 0.0836. The van der Waals surface area contributed by atoms with E-state index in [4.69, 9.17) is 33.3 Å². The van der Waals surface area contributed by atoms with Gasteiger partial charge in [0.2, 0.25) is 12.5 Å². The van der Waals surface area contributed by atoms with Gasteiger partial charge >= 0.3 is 5.69 Å². The maximum Gasteiger partial charge on any atom is 0.312 e. The summed E-state index contributed by atoms with van der Waals surface area (Å²) in [6.07, 6.45) is 1.18. The molecule has 0 radical (unpaired) electrons. The summed E-state index contributed by atoms with van der Waals surface area (Å²) in [6, 6.07) is 7.92. The number of rotatable bonds is 5. The smallest absolute Gasteiger partial charge is 0.312 e. The van der Waals surface area contributed by atoms with Crippen LogP contribution < -0.4 is 20.2 Å². The molecule has 3 N–H and O–H groups in total. The Bertz CT molecular complexity index is 937. The predicted octanol–water partition coefficient (Wildman–Crippen LogP) is 2.68. The lowest BCUT2D eigenvalue weighted by Gasteiger charge is -2.08. The van der Waals surface area contributed by atoms with E-state index in [0.717, 1.165) is 11.6 Å². The number of nitro groups is 1. The van der Waals surface area contributed by atoms with E-state index >= 15 is 0 Å². The lowest BCUT2D eigenvalue weighted by Crippen LogP contribution is -2.31. The standard InChI is InChI=1S/C16H13ClN4O5S/c17-11-4-10(15(22)12(5-11)21(23)24)7-19-20-16(27)18-6-9-1-2-13-14(3-9)26-8-25-13/h1-5,7,22H,6,8H2,(H2,18,20,27)/b19-7+. The minimum atomic E-state index is -0.733. The van der Waals surface area contributed by atoms with E-state index < -0.39 is 16.4 Å². The van der Waals surface area contributed by atoms with Crippen molar-refractivity contribution >= 4 is 40.8 Å². The van der Waals surface area contributed by atoms with Crippen LogP contribution in [0.5, 0.6) is 17.2 Å². The number of ether oxygens (including phenoxy) is 2. The maximum absolute atomic E-state index is 10.9. The zero-order valence-corrected chi connectivity index (χ0v) is 15.2. The van der Waals surface area contributed by atoms with E-state index in [1.54, 1.807) is 0 Å². The molecule has 1 aliphatic heterocycles. The van der Waals surface area contributed by atoms with Crippen molar-refractivity contribution in [3.05, 3.63) is 56.6 Å². The molecule has 0 bridgehead atoms. The summed E-state index contributed by atoms with van der Waals surface area (Å²) in [4.78, 5) is 10.1. The number of fused-ring (bicyclic) bond motifs is 1. The van der Waals surface area contributed by atoms with Crippen molar-refractivity contribution in [1.29, 1.82) is 0 Å². The van der Waals surface area contributed by atoms with Crippen LogP contribution in [0.25, 0.3) is 0 Å². The SMILES string of the molecule is O=[N+]([O-])c1cc(Cl)cc(/C=N/NC(=S)NCc2ccc3c(c2)OCO3)c1O. The molecule has 27 heavy (non-hydrogen) atoms. The van der Waals surface area contributed by atoms with Gasteiger partial charge < -0.3 is 19.9 Å². The fraction of sp³-hybridized carbons (Fsp3) is 0.125. The van der Waals surface area contributed by atoms with Crippen LogP contribution >= 0.6 is 23.8 Å². The van der Waals surface area contributed by atoms with Gasteiger partial charge in [0.25, 0.3) is 0 Å². The van der Waals surface area contributed by atoms with Gasteiger partial charge in [0, 0.05) is 23.2 Å². The van der Waals surface area contributed by atoms with Gasteiger partial charge in [-0.3, -0.25) is 15.5 Å². The second kappa shape index (κ2) is 8.06. The lowest BCUT2D eigenvalue weighted by atomic mass is 10.2. The monoisotopic (exact) mass is 408 g/mol. The first kappa shape index (κ1) is 18.7. The average Bonchev–Trinajstić information content (AvgIpc) is 3.10. The molecule has 3 rings (SSSR count). The number of benzene rings is 2. The summed E-state index contributed by atoms with van der Waals surface area (Å²) in [5.74, 6) is 0.831. The highest BCUT2D eigenvalue weighted by atomic mass is 35.5. The van der Waals surface area contributed by atoms with Crippen LogP contribution in [0, 0.1) is 10.1 Å². The molecule has 1 heterocycles. The molecule has 2 aromatic carbocycles. The van der Waals surface area contributed by atoms with Crippen molar-refractivity contribution < 1.29 is 19.5 Å². The Balaban J connectivity index is 1.57. The van der Waals surface area contributed by atoms with Crippen LogP contribution in [0.4, 0.5) is 5.69 Å². The Hall–Kier alpha value is -3.11. The zero-order valence-electron chi connectivity index (χ0n) is 13.6. The van der Waals surface area contributed by atoms with Crippen LogP contribution in [0.1, 0.15) is 11.1 Å². The van der Waals surface area contributed by atoms with E-state index in [2.05, 4.69) is 15.8 Å². The fourth-order valence-electron chi connectivity index (χ4n) is 2.28. The Morgan fingerprint density at radius 1 is 1.37 bits per heavy atom. The third-order valence-corrected chi connectivity index (χ3v) is 3.99. The van der Waals surface area contributed by atoms with E-state index in [-0.39, 0.29) is 22.5 Å². The molecule has 0 saturated carbocycles. The number of thiocarbonyl (C=S) groups is 1. The van der Waals surface area contributed by atoms with Crippen LogP contribution in [-0.4, -0.2) is 28.1 Å². The van der Waals surface area contributed by atoms with Crippen molar-refractivity contribution in [3.8, 4) is 17.2 Å². The van der Waals surface area contributed by atoms with Crippen molar-refractivity contribution in [1.82, 2.24) is 10.7 Å². The zero-order chi connectivity index (χ0) is 19.4. The lowest BCUT2D eigenvalue weighted by molar-refractivity contribution is -0.385. The van der Waals surface area contributed by atoms with Gasteiger partial charge in [-0.15, -0.1) is 0 Å². The Morgan fingerprint density at radius 3 is 2.93 bits per heavy atom. The third-order valence-electron chi connectivity index (χ3n) is 3.54. The van der Waals surface area contributed by atoms with Crippen molar-refractivity contribution in [2.24, 2.45) is 5.10 Å². The van der Waals surface area contributed by atoms with Crippen molar-refractivity contribution in [2.75, 3.05) is 6.79 Å². The molecule has 0 atom stereocenters. The average molecular weight is 409 g/mol. The van der Waals surface area contributed by atoms with E-state index in [0.29, 0.717) is 18.0 Å². The number of hydrogen-bond donors (Lipinski definition) is 3. The first-order valence-corrected chi connectivity index (χ1v) is 8.35. The van der Waals surface area contributed by atoms with Crippen LogP contribution in [0.15, 0.2) is 35.4 Å². The summed E-state index contributed by atoms with van der Waals surface area (Å²) in [5.41, 5.74) is 3.06. The minimum Gasteiger partial charge on any atom is -0.502 e. The molecule has 0 aromatic heterocycles. The summed E-state index contributed by atoms with van der Waals surface area (Å²) in [5, 5.41) is 27.9. The van der Waals surface area contributed by atoms with Crippen molar-refractivity contribution in [2.45, 2.75) is 6.54 Å². The molecule has 0 aliphatic carbocycles. The highest BCUT2D eigenvalue weighted by molar-refractivity contribution is 7.80. The van der Waals surface area contributed by atoms with Crippen LogP contribution in [0.3, 0.4) is 0 Å². The molecule has 1 aliphatic rings. The van der Waals surface area contributed by atoms with E-state index in [1.165, 1.54) is 12.3 Å². The molecule has 0 saturated heterocycles. The summed E-state index contributed by atoms with van der Waals surface area (Å²) < 4.78 is 10.5. The Kier molecular flexibility index (Phi) is 5.57. The second-order valence-electron chi connectivity index (χ2n) is 5.36. The Morgan fingerprint density at radius 2 is 2.15 bits per heavy atom. The number of halogens is 1. The van der Waals surface area contributed by atoms with Gasteiger partial charge in [0.1, 0.15) is 0 Å². The number of phenolic OH excluding ortho intramolecular Hbond substituents is 1. The van der Waals surface area contributed by atoms with Gasteiger partial charge in [-0.05, 0) is 36.0 Å². The summed E-state index contributed by atoms with van der Waals surface area (Å²) in [6.45, 7) is 0.626. The highest BCUT2D eigenvalue weighted by Gasteiger charge is 2.17. The highest BCUT2D eigenvalue weighted by Crippen LogP contribution is 2.33. The Labute approximate surface area is 163 Å². The quantitative estimate of drug-likeness (QED) is 0.299. The molecule has 0 unspecified atom stereocenters. The predicted molar refractivity (Wildman–Crippen MR) is 103 cm³/mol. The summed E-state index contributed by atoms with van der Waals surface area (Å²) >= 11 is 10.9. The number of nitrogens with zero attached hydrogens (tertiary/aromatic N) is 2. The van der Waals surface area contributed by atoms with Gasteiger partial charge in [0.15, 0.2) is 16.6 Å². The normalized spacial score (nSPS) is 12.2.